The van der Waals surface area contributed by atoms with E-state index < -0.39 is 115 Å². The standard InChI is InChI=1S/C31H33N5O3S.C29H32N4O3S2.C22H24F3N3O4S.C20H22F3N3O3S/c1-19(2)28(36-16-23-7-5-6-8-25(23)30(36)38)31(39)35-17-24(37)13-27(35)26(15-32-4)33-14-21-9-11-22(12-10-21)29-20(3)34-18-40-29;1-17(2)25(33-14-21-6-4-5-7-23(21)28(33)35)29(36)32-15-22(37)12-24(32)27(34)30-13-19-8-10-20(11-9-19)26-18(3)31-16-38-26;1-12-19(33-11-26-12)15-6-3-14(4-7-15)5-8-18(31)17-9-16(30)10-28(17)21(32)20(22(23,24)25)27-13(2)29;1-11-17(30-10-25-11)13-5-2-12(3-6-13)4-7-16(28)15-8-14(27)9-26(15)19(29)18(24)20(21,22)23/h5-12,15,18-19,24,27-28,33,37H,13-14,16-17H2,1-3H3;4-11,16-17,22,24-25,37H,12-15H2,1-3H3,(H,30,34);3-4,6-7,11,16-17,20,30H,5,8-10H2,1-2H3,(H,27,29);2-3,5-6,10,14-15,18,27H,4,7-9,24H2,1H3/b26-15+;;;/t24-,27+,28+;22-,24+,25+;16-,17+,20?;14-,15+,18?/m1111/s1. The van der Waals surface area contributed by atoms with Gasteiger partial charge >= 0.3 is 12.4 Å². The molecule has 6 aliphatic heterocycles. The summed E-state index contributed by atoms with van der Waals surface area (Å²) in [5, 5.41) is 38.3. The van der Waals surface area contributed by atoms with Crippen molar-refractivity contribution in [1.29, 1.82) is 0 Å². The van der Waals surface area contributed by atoms with Crippen LogP contribution in [0.15, 0.2) is 180 Å². The minimum atomic E-state index is -5.03. The molecule has 28 nitrogen and oxygen atoms in total. The molecular weight excluding hydrogens is 1920 g/mol. The minimum Gasteiger partial charge on any atom is -0.392 e. The number of aromatic nitrogens is 4. The molecule has 8 N–H and O–H groups in total. The molecule has 0 spiro atoms. The van der Waals surface area contributed by atoms with E-state index in [1.54, 1.807) is 70.7 Å². The van der Waals surface area contributed by atoms with Crippen LogP contribution in [0.3, 0.4) is 0 Å². The van der Waals surface area contributed by atoms with Gasteiger partial charge in [0.2, 0.25) is 35.6 Å². The third-order valence-electron chi connectivity index (χ3n) is 25.7. The highest BCUT2D eigenvalue weighted by Crippen LogP contribution is 2.39. The van der Waals surface area contributed by atoms with Crippen molar-refractivity contribution in [3.8, 4) is 41.8 Å². The van der Waals surface area contributed by atoms with E-state index in [-0.39, 0.29) is 85.4 Å². The van der Waals surface area contributed by atoms with Crippen LogP contribution in [0.25, 0.3) is 46.6 Å². The fraction of sp³-hybridized carbons (Fsp3) is 0.402. The molecule has 4 saturated heterocycles. The maximum atomic E-state index is 14.1. The summed E-state index contributed by atoms with van der Waals surface area (Å²) in [4.78, 5) is 162. The number of carbonyl (C=O) groups is 10. The van der Waals surface area contributed by atoms with Gasteiger partial charge in [-0.15, -0.1) is 45.3 Å². The lowest BCUT2D eigenvalue weighted by Crippen LogP contribution is -2.57. The van der Waals surface area contributed by atoms with Crippen molar-refractivity contribution < 1.29 is 89.6 Å². The SMILES string of the molecule is CC(=O)NC(C(=O)N1C[C@H](O)C[C@H]1C(=O)CCc1ccc(-c2scnc2C)cc1)C(F)(F)F.Cc1ncsc1-c1ccc(CCC(=O)[C@@H]2C[C@@H](O)CN2C(=O)C(N)C(F)(F)F)cc1.Cc1ncsc1-c1ccc(CNC(=O)[C@@H]2C[C@@H](S)CN2C(=O)[C@H](C(C)C)N2Cc3ccccc3C2=O)cc1.[C-]#[N+]/C=C(/NCc1ccc(-c2scnc2C)cc1)[C@@H]1C[C@@H](O)CN1C(=O)[C@H](C(C)C)N1Cc2ccccc2C1=O. The maximum absolute atomic E-state index is 14.1. The van der Waals surface area contributed by atoms with E-state index in [0.717, 1.165) is 115 Å². The van der Waals surface area contributed by atoms with E-state index in [1.165, 1.54) is 28.9 Å². The third-order valence-corrected chi connectivity index (χ3v) is 30.0. The monoisotopic (exact) mass is 2030 g/mol. The van der Waals surface area contributed by atoms with E-state index in [9.17, 15) is 89.6 Å². The number of likely N-dealkylation sites (tertiary alicyclic amines) is 4. The zero-order valence-corrected chi connectivity index (χ0v) is 83.1. The van der Waals surface area contributed by atoms with Crippen LogP contribution in [0, 0.1) is 46.1 Å². The van der Waals surface area contributed by atoms with Crippen LogP contribution < -0.4 is 21.7 Å². The molecule has 16 rings (SSSR count). The average molecular weight is 2030 g/mol. The molecule has 0 aliphatic carbocycles. The third kappa shape index (κ3) is 25.6. The summed E-state index contributed by atoms with van der Waals surface area (Å²) in [5.74, 6) is -5.81. The number of thiazole rings is 4. The van der Waals surface area contributed by atoms with E-state index in [1.807, 2.05) is 188 Å². The summed E-state index contributed by atoms with van der Waals surface area (Å²) in [5.41, 5.74) is 27.7. The molecule has 4 aromatic heterocycles. The lowest BCUT2D eigenvalue weighted by Gasteiger charge is -2.36. The topological polar surface area (TPSA) is 369 Å². The van der Waals surface area contributed by atoms with Gasteiger partial charge in [-0.25, -0.2) is 24.8 Å². The Labute approximate surface area is 834 Å². The van der Waals surface area contributed by atoms with Gasteiger partial charge in [0.25, 0.3) is 17.7 Å². The Balaban J connectivity index is 0.000000159. The van der Waals surface area contributed by atoms with Crippen LogP contribution in [0.1, 0.15) is 150 Å². The molecule has 141 heavy (non-hydrogen) atoms. The van der Waals surface area contributed by atoms with Gasteiger partial charge in [-0.3, -0.25) is 47.9 Å². The van der Waals surface area contributed by atoms with Crippen LogP contribution >= 0.6 is 58.0 Å². The zero-order valence-electron chi connectivity index (χ0n) is 78.9. The molecule has 744 valence electrons. The summed E-state index contributed by atoms with van der Waals surface area (Å²) in [6, 6.07) is 36.2. The molecular formula is C102H111F6N15O13S5. The number of carbonyl (C=O) groups excluding carboxylic acids is 10. The molecule has 6 aliphatic rings. The Hall–Kier alpha value is -12.3. The van der Waals surface area contributed by atoms with Crippen molar-refractivity contribution in [3.63, 3.8) is 0 Å². The predicted molar refractivity (Wildman–Crippen MR) is 528 cm³/mol. The number of nitrogens with zero attached hydrogens (tertiary/aromatic N) is 11. The summed E-state index contributed by atoms with van der Waals surface area (Å²) in [7, 11) is 0. The van der Waals surface area contributed by atoms with Gasteiger partial charge < -0.3 is 66.4 Å². The van der Waals surface area contributed by atoms with Gasteiger partial charge in [-0.2, -0.15) is 39.0 Å². The van der Waals surface area contributed by atoms with Crippen molar-refractivity contribution in [3.05, 3.63) is 258 Å². The summed E-state index contributed by atoms with van der Waals surface area (Å²) in [6.45, 7) is 25.4. The van der Waals surface area contributed by atoms with E-state index >= 15 is 0 Å². The predicted octanol–water partition coefficient (Wildman–Crippen LogP) is 14.0. The molecule has 39 heteroatoms. The molecule has 6 aromatic carbocycles. The van der Waals surface area contributed by atoms with Crippen LogP contribution in [0.5, 0.6) is 0 Å². The van der Waals surface area contributed by atoms with Crippen molar-refractivity contribution in [1.82, 2.24) is 65.3 Å². The van der Waals surface area contributed by atoms with Crippen LogP contribution in [0.2, 0.25) is 0 Å². The number of halogens is 6. The number of benzene rings is 6. The molecule has 0 bridgehead atoms. The fourth-order valence-electron chi connectivity index (χ4n) is 18.5. The highest BCUT2D eigenvalue weighted by Gasteiger charge is 2.53. The summed E-state index contributed by atoms with van der Waals surface area (Å²) < 4.78 is 78.3. The second-order valence-corrected chi connectivity index (χ2v) is 40.6. The van der Waals surface area contributed by atoms with Gasteiger partial charge in [0.1, 0.15) is 18.1 Å². The van der Waals surface area contributed by atoms with Crippen LogP contribution in [0.4, 0.5) is 26.3 Å². The highest BCUT2D eigenvalue weighted by atomic mass is 32.1. The number of rotatable bonds is 28. The lowest BCUT2D eigenvalue weighted by molar-refractivity contribution is -0.179. The Morgan fingerprint density at radius 1 is 0.482 bits per heavy atom. The summed E-state index contributed by atoms with van der Waals surface area (Å²) in [6.07, 6.45) is -10.1. The average Bonchev–Trinajstić information content (AvgIpc) is 1.63. The summed E-state index contributed by atoms with van der Waals surface area (Å²) >= 11 is 10.9. The minimum absolute atomic E-state index is 0.00306. The number of alkyl halides is 6. The number of β-amino-alcohol motifs (C(OH)–C–C–N with tert-alkyl or cyclic N) is 3. The molecule has 0 saturated carbocycles. The van der Waals surface area contributed by atoms with E-state index in [0.29, 0.717) is 75.2 Å². The number of ketones is 2. The number of hydrogen-bond acceptors (Lipinski definition) is 24. The molecule has 8 amide bonds. The Morgan fingerprint density at radius 2 is 0.830 bits per heavy atom. The number of aliphatic hydroxyl groups excluding tert-OH is 3. The Morgan fingerprint density at radius 3 is 1.17 bits per heavy atom. The highest BCUT2D eigenvalue weighted by molar-refractivity contribution is 7.81. The second-order valence-electron chi connectivity index (χ2n) is 36.4. The Bertz CT molecular complexity index is 6250. The first kappa shape index (κ1) is 106. The normalized spacial score (nSPS) is 19.7. The maximum Gasteiger partial charge on any atom is 0.417 e. The quantitative estimate of drug-likeness (QED) is 0.0128. The van der Waals surface area contributed by atoms with Crippen molar-refractivity contribution in [2.24, 2.45) is 17.6 Å². The van der Waals surface area contributed by atoms with Gasteiger partial charge in [0, 0.05) is 107 Å². The molecule has 4 fully saturated rings. The number of aryl methyl sites for hydroxylation is 6. The zero-order chi connectivity index (χ0) is 102. The van der Waals surface area contributed by atoms with Crippen molar-refractivity contribution in [2.45, 2.75) is 224 Å². The Kier molecular flexibility index (Phi) is 35.1. The molecule has 2 unspecified atom stereocenters. The number of aliphatic hydroxyl groups is 3. The number of fused-ring (bicyclic) bond motifs is 2. The van der Waals surface area contributed by atoms with E-state index in [2.05, 4.69) is 60.2 Å². The van der Waals surface area contributed by atoms with Crippen LogP contribution in [-0.2, 0) is 77.4 Å². The molecule has 0 radical (unpaired) electrons. The van der Waals surface area contributed by atoms with Gasteiger partial charge in [-0.05, 0) is 133 Å². The smallest absolute Gasteiger partial charge is 0.392 e. The molecule has 10 aromatic rings. The van der Waals surface area contributed by atoms with Gasteiger partial charge in [0.15, 0.2) is 23.8 Å². The van der Waals surface area contributed by atoms with E-state index in [4.69, 9.17) is 12.3 Å². The lowest BCUT2D eigenvalue weighted by atomic mass is 10.00. The first-order chi connectivity index (χ1) is 67.1. The number of nitrogens with one attached hydrogen (secondary N) is 3. The van der Waals surface area contributed by atoms with Gasteiger partial charge in [0.05, 0.1) is 107 Å². The van der Waals surface area contributed by atoms with Crippen LogP contribution in [-0.4, -0.2) is 234 Å². The molecule has 12 atom stereocenters. The number of nitrogens with two attached hydrogens (primary N) is 1. The number of hydrogen-bond donors (Lipinski definition) is 8. The first-order valence-electron chi connectivity index (χ1n) is 46.1. The number of Topliss-reactive ketones (excluding diaryl/α,β-unsaturated/α-hetero) is 2. The first-order valence-corrected chi connectivity index (χ1v) is 50.1. The largest absolute Gasteiger partial charge is 0.417 e. The van der Waals surface area contributed by atoms with Crippen molar-refractivity contribution >= 4 is 117 Å². The number of thiol groups is 1. The van der Waals surface area contributed by atoms with Crippen molar-refractivity contribution in [2.75, 3.05) is 26.2 Å². The molecule has 10 heterocycles. The van der Waals surface area contributed by atoms with Gasteiger partial charge in [-0.1, -0.05) is 161 Å². The second kappa shape index (κ2) is 46.6. The fourth-order valence-corrected chi connectivity index (χ4v) is 22.1. The number of amides is 8.